The fourth-order valence-corrected chi connectivity index (χ4v) is 3.65. The van der Waals surface area contributed by atoms with Gasteiger partial charge in [0.25, 0.3) is 0 Å². The summed E-state index contributed by atoms with van der Waals surface area (Å²) < 4.78 is 0. The number of rotatable bonds is 14. The normalized spacial score (nSPS) is 16.2. The topological polar surface area (TPSA) is 171 Å². The highest BCUT2D eigenvalue weighted by Crippen LogP contribution is 2.14. The van der Waals surface area contributed by atoms with Gasteiger partial charge in [-0.05, 0) is 41.9 Å². The summed E-state index contributed by atoms with van der Waals surface area (Å²) in [4.78, 5) is 50.7. The summed E-state index contributed by atoms with van der Waals surface area (Å²) in [5.74, 6) is -3.56. The number of nitrogens with two attached hydrogens (primary N) is 1. The SMILES string of the molecule is CCC(C)C(NC(=O)C(NC(=O)C(NC(=O)C(N)Cc1ccc(O)cc1)C(C)CC)C(C)C)C(=O)O. The molecule has 6 unspecified atom stereocenters. The number of benzene rings is 1. The lowest BCUT2D eigenvalue weighted by atomic mass is 9.95. The number of aliphatic carboxylic acids is 1. The maximum atomic E-state index is 13.2. The first-order valence-electron chi connectivity index (χ1n) is 12.5. The van der Waals surface area contributed by atoms with E-state index in [4.69, 9.17) is 5.73 Å². The van der Waals surface area contributed by atoms with Gasteiger partial charge in [0, 0.05) is 0 Å². The number of hydrogen-bond donors (Lipinski definition) is 6. The van der Waals surface area contributed by atoms with Gasteiger partial charge in [-0.2, -0.15) is 0 Å². The Balaban J connectivity index is 2.97. The Bertz CT molecular complexity index is 889. The minimum absolute atomic E-state index is 0.104. The summed E-state index contributed by atoms with van der Waals surface area (Å²) in [7, 11) is 0. The van der Waals surface area contributed by atoms with Crippen molar-refractivity contribution in [3.8, 4) is 5.75 Å². The molecule has 202 valence electrons. The highest BCUT2D eigenvalue weighted by atomic mass is 16.4. The van der Waals surface area contributed by atoms with Crippen LogP contribution in [0.15, 0.2) is 24.3 Å². The Labute approximate surface area is 213 Å². The molecule has 0 aliphatic rings. The molecule has 0 saturated carbocycles. The zero-order valence-corrected chi connectivity index (χ0v) is 22.1. The van der Waals surface area contributed by atoms with Gasteiger partial charge < -0.3 is 31.9 Å². The second-order valence-corrected chi connectivity index (χ2v) is 9.79. The minimum atomic E-state index is -1.14. The van der Waals surface area contributed by atoms with E-state index in [0.717, 1.165) is 5.56 Å². The Kier molecular flexibility index (Phi) is 12.4. The molecule has 10 heteroatoms. The maximum absolute atomic E-state index is 13.2. The fourth-order valence-electron chi connectivity index (χ4n) is 3.65. The predicted molar refractivity (Wildman–Crippen MR) is 137 cm³/mol. The van der Waals surface area contributed by atoms with Crippen molar-refractivity contribution in [3.05, 3.63) is 29.8 Å². The molecule has 0 saturated heterocycles. The maximum Gasteiger partial charge on any atom is 0.326 e. The van der Waals surface area contributed by atoms with Gasteiger partial charge in [-0.25, -0.2) is 4.79 Å². The summed E-state index contributed by atoms with van der Waals surface area (Å²) >= 11 is 0. The van der Waals surface area contributed by atoms with Gasteiger partial charge >= 0.3 is 5.97 Å². The highest BCUT2D eigenvalue weighted by molar-refractivity contribution is 5.94. The van der Waals surface area contributed by atoms with Crippen molar-refractivity contribution >= 4 is 23.7 Å². The number of amides is 3. The van der Waals surface area contributed by atoms with Gasteiger partial charge in [-0.3, -0.25) is 14.4 Å². The third-order valence-corrected chi connectivity index (χ3v) is 6.55. The van der Waals surface area contributed by atoms with Crippen molar-refractivity contribution in [2.75, 3.05) is 0 Å². The first kappa shape index (κ1) is 30.9. The molecule has 3 amide bonds. The van der Waals surface area contributed by atoms with Gasteiger partial charge in [0.2, 0.25) is 17.7 Å². The molecular formula is C26H42N4O6. The number of carbonyl (C=O) groups excluding carboxylic acids is 3. The zero-order chi connectivity index (χ0) is 27.6. The van der Waals surface area contributed by atoms with E-state index in [2.05, 4.69) is 16.0 Å². The molecule has 36 heavy (non-hydrogen) atoms. The van der Waals surface area contributed by atoms with Crippen LogP contribution in [0, 0.1) is 17.8 Å². The fraction of sp³-hybridized carbons (Fsp3) is 0.615. The van der Waals surface area contributed by atoms with Crippen LogP contribution < -0.4 is 21.7 Å². The van der Waals surface area contributed by atoms with E-state index in [-0.39, 0.29) is 29.9 Å². The second-order valence-electron chi connectivity index (χ2n) is 9.79. The van der Waals surface area contributed by atoms with Crippen molar-refractivity contribution < 1.29 is 29.4 Å². The molecule has 1 aromatic rings. The van der Waals surface area contributed by atoms with Crippen LogP contribution in [0.3, 0.4) is 0 Å². The number of phenols is 1. The number of hydrogen-bond acceptors (Lipinski definition) is 6. The van der Waals surface area contributed by atoms with Crippen LogP contribution in [0.1, 0.15) is 59.9 Å². The predicted octanol–water partition coefficient (Wildman–Crippen LogP) is 1.55. The number of nitrogens with one attached hydrogen (secondary N) is 3. The summed E-state index contributed by atoms with van der Waals surface area (Å²) in [5, 5.41) is 26.9. The Morgan fingerprint density at radius 2 is 1.22 bits per heavy atom. The molecule has 7 N–H and O–H groups in total. The van der Waals surface area contributed by atoms with Crippen LogP contribution in [0.2, 0.25) is 0 Å². The van der Waals surface area contributed by atoms with Gasteiger partial charge in [-0.1, -0.05) is 66.5 Å². The Morgan fingerprint density at radius 1 is 0.778 bits per heavy atom. The average Bonchev–Trinajstić information content (AvgIpc) is 2.83. The first-order chi connectivity index (χ1) is 16.8. The number of phenolic OH excluding ortho intramolecular Hbond substituents is 1. The van der Waals surface area contributed by atoms with Gasteiger partial charge in [0.1, 0.15) is 23.9 Å². The minimum Gasteiger partial charge on any atom is -0.508 e. The molecule has 0 aliphatic carbocycles. The summed E-state index contributed by atoms with van der Waals surface area (Å²) in [6, 6.07) is 2.40. The molecule has 1 rings (SSSR count). The number of aromatic hydroxyl groups is 1. The van der Waals surface area contributed by atoms with E-state index in [1.807, 2.05) is 20.8 Å². The van der Waals surface area contributed by atoms with E-state index in [0.29, 0.717) is 12.8 Å². The Morgan fingerprint density at radius 3 is 1.69 bits per heavy atom. The van der Waals surface area contributed by atoms with Gasteiger partial charge in [0.15, 0.2) is 0 Å². The lowest BCUT2D eigenvalue weighted by molar-refractivity contribution is -0.144. The highest BCUT2D eigenvalue weighted by Gasteiger charge is 2.34. The van der Waals surface area contributed by atoms with Crippen molar-refractivity contribution in [2.24, 2.45) is 23.5 Å². The standard InChI is InChI=1S/C26H42N4O6/c1-7-15(5)21(29-23(32)19(27)13-17-9-11-18(31)12-10-17)25(34)28-20(14(3)4)24(33)30-22(26(35)36)16(6)8-2/h9-12,14-16,19-22,31H,7-8,13,27H2,1-6H3,(H,28,34)(H,29,32)(H,30,33)(H,35,36). The molecule has 0 fully saturated rings. The second kappa shape index (κ2) is 14.4. The number of carboxylic acid groups (broad SMARTS) is 1. The van der Waals surface area contributed by atoms with Crippen molar-refractivity contribution in [3.63, 3.8) is 0 Å². The molecule has 0 radical (unpaired) electrons. The van der Waals surface area contributed by atoms with Crippen LogP contribution >= 0.6 is 0 Å². The van der Waals surface area contributed by atoms with Crippen LogP contribution in [0.25, 0.3) is 0 Å². The summed E-state index contributed by atoms with van der Waals surface area (Å²) in [5.41, 5.74) is 6.83. The molecular weight excluding hydrogens is 464 g/mol. The van der Waals surface area contributed by atoms with Crippen molar-refractivity contribution in [1.82, 2.24) is 16.0 Å². The van der Waals surface area contributed by atoms with E-state index in [1.54, 1.807) is 32.9 Å². The van der Waals surface area contributed by atoms with Crippen LogP contribution in [-0.2, 0) is 25.6 Å². The quantitative estimate of drug-likeness (QED) is 0.222. The van der Waals surface area contributed by atoms with Crippen molar-refractivity contribution in [1.29, 1.82) is 0 Å². The van der Waals surface area contributed by atoms with Crippen LogP contribution in [-0.4, -0.2) is 58.1 Å². The smallest absolute Gasteiger partial charge is 0.326 e. The lowest BCUT2D eigenvalue weighted by Crippen LogP contribution is -2.60. The van der Waals surface area contributed by atoms with E-state index >= 15 is 0 Å². The lowest BCUT2D eigenvalue weighted by Gasteiger charge is -2.30. The third-order valence-electron chi connectivity index (χ3n) is 6.55. The van der Waals surface area contributed by atoms with E-state index in [9.17, 15) is 29.4 Å². The molecule has 0 bridgehead atoms. The first-order valence-corrected chi connectivity index (χ1v) is 12.5. The van der Waals surface area contributed by atoms with E-state index < -0.39 is 47.9 Å². The van der Waals surface area contributed by atoms with Gasteiger partial charge in [0.05, 0.1) is 6.04 Å². The molecule has 0 spiro atoms. The molecule has 0 aromatic heterocycles. The molecule has 6 atom stereocenters. The molecule has 10 nitrogen and oxygen atoms in total. The van der Waals surface area contributed by atoms with E-state index in [1.165, 1.54) is 12.1 Å². The number of carboxylic acids is 1. The molecule has 0 heterocycles. The Hall–Kier alpha value is -3.14. The zero-order valence-electron chi connectivity index (χ0n) is 22.1. The monoisotopic (exact) mass is 506 g/mol. The molecule has 1 aromatic carbocycles. The largest absolute Gasteiger partial charge is 0.508 e. The molecule has 0 aliphatic heterocycles. The average molecular weight is 507 g/mol. The third kappa shape index (κ3) is 9.14. The van der Waals surface area contributed by atoms with Crippen LogP contribution in [0.4, 0.5) is 0 Å². The van der Waals surface area contributed by atoms with Gasteiger partial charge in [-0.15, -0.1) is 0 Å². The summed E-state index contributed by atoms with van der Waals surface area (Å²) in [6.07, 6.45) is 1.35. The van der Waals surface area contributed by atoms with Crippen molar-refractivity contribution in [2.45, 2.75) is 85.0 Å². The summed E-state index contributed by atoms with van der Waals surface area (Å²) in [6.45, 7) is 10.7. The van der Waals surface area contributed by atoms with Crippen LogP contribution in [0.5, 0.6) is 5.75 Å². The number of carbonyl (C=O) groups is 4.